The van der Waals surface area contributed by atoms with Crippen molar-refractivity contribution < 1.29 is 18.7 Å². The number of amides is 1. The van der Waals surface area contributed by atoms with Crippen molar-refractivity contribution in [1.82, 2.24) is 5.32 Å². The van der Waals surface area contributed by atoms with E-state index in [-0.39, 0.29) is 18.2 Å². The molecule has 2 aromatic carbocycles. The van der Waals surface area contributed by atoms with E-state index in [0.29, 0.717) is 0 Å². The van der Waals surface area contributed by atoms with Crippen molar-refractivity contribution in [2.75, 3.05) is 6.61 Å². The zero-order valence-corrected chi connectivity index (χ0v) is 13.9. The molecule has 0 radical (unpaired) electrons. The Morgan fingerprint density at radius 2 is 1.75 bits per heavy atom. The molecule has 24 heavy (non-hydrogen) atoms. The molecule has 0 fully saturated rings. The van der Waals surface area contributed by atoms with Crippen LogP contribution in [0.4, 0.5) is 4.39 Å². The molecule has 4 nitrogen and oxygen atoms in total. The predicted octanol–water partition coefficient (Wildman–Crippen LogP) is 3.48. The van der Waals surface area contributed by atoms with Crippen molar-refractivity contribution >= 4 is 11.9 Å². The van der Waals surface area contributed by atoms with Crippen molar-refractivity contribution in [3.05, 3.63) is 70.5 Å². The highest BCUT2D eigenvalue weighted by molar-refractivity contribution is 5.91. The average molecular weight is 329 g/mol. The lowest BCUT2D eigenvalue weighted by atomic mass is 10.0. The third-order valence-corrected chi connectivity index (χ3v) is 3.82. The number of rotatable bonds is 5. The number of benzene rings is 2. The van der Waals surface area contributed by atoms with Crippen LogP contribution < -0.4 is 5.32 Å². The van der Waals surface area contributed by atoms with Gasteiger partial charge in [0, 0.05) is 0 Å². The highest BCUT2D eigenvalue weighted by Crippen LogP contribution is 2.16. The minimum Gasteiger partial charge on any atom is -0.452 e. The molecule has 0 aromatic heterocycles. The number of halogens is 1. The molecule has 5 heteroatoms. The molecule has 0 heterocycles. The second-order valence-corrected chi connectivity index (χ2v) is 5.72. The van der Waals surface area contributed by atoms with Gasteiger partial charge in [-0.15, -0.1) is 0 Å². The quantitative estimate of drug-likeness (QED) is 0.855. The number of ether oxygens (including phenoxy) is 1. The average Bonchev–Trinajstić information content (AvgIpc) is 2.55. The largest absolute Gasteiger partial charge is 0.452 e. The van der Waals surface area contributed by atoms with Gasteiger partial charge in [-0.25, -0.2) is 9.18 Å². The summed E-state index contributed by atoms with van der Waals surface area (Å²) >= 11 is 0. The fourth-order valence-corrected chi connectivity index (χ4v) is 2.20. The van der Waals surface area contributed by atoms with E-state index in [1.54, 1.807) is 0 Å². The Kier molecular flexibility index (Phi) is 5.68. The summed E-state index contributed by atoms with van der Waals surface area (Å²) in [6.07, 6.45) is 0. The van der Waals surface area contributed by atoms with Crippen LogP contribution >= 0.6 is 0 Å². The van der Waals surface area contributed by atoms with Gasteiger partial charge in [-0.2, -0.15) is 0 Å². The molecule has 0 aliphatic rings. The highest BCUT2D eigenvalue weighted by atomic mass is 19.1. The van der Waals surface area contributed by atoms with E-state index < -0.39 is 17.7 Å². The van der Waals surface area contributed by atoms with Gasteiger partial charge in [0.05, 0.1) is 11.6 Å². The second kappa shape index (κ2) is 7.73. The van der Waals surface area contributed by atoms with Gasteiger partial charge in [0.15, 0.2) is 6.61 Å². The first-order valence-electron chi connectivity index (χ1n) is 7.66. The summed E-state index contributed by atoms with van der Waals surface area (Å²) in [6.45, 7) is 5.52. The Morgan fingerprint density at radius 1 is 1.08 bits per heavy atom. The third kappa shape index (κ3) is 4.65. The van der Waals surface area contributed by atoms with Crippen LogP contribution in [0.1, 0.15) is 40.0 Å². The van der Waals surface area contributed by atoms with Gasteiger partial charge in [-0.3, -0.25) is 4.79 Å². The molecule has 0 aliphatic heterocycles. The molecule has 126 valence electrons. The van der Waals surface area contributed by atoms with E-state index in [2.05, 4.69) is 5.32 Å². The summed E-state index contributed by atoms with van der Waals surface area (Å²) in [5.41, 5.74) is 3.52. The zero-order valence-electron chi connectivity index (χ0n) is 13.9. The maximum Gasteiger partial charge on any atom is 0.338 e. The highest BCUT2D eigenvalue weighted by Gasteiger charge is 2.13. The minimum atomic E-state index is -0.663. The normalized spacial score (nSPS) is 11.7. The van der Waals surface area contributed by atoms with E-state index in [4.69, 9.17) is 4.74 Å². The van der Waals surface area contributed by atoms with Gasteiger partial charge in [0.2, 0.25) is 0 Å². The summed E-state index contributed by atoms with van der Waals surface area (Å²) in [7, 11) is 0. The van der Waals surface area contributed by atoms with Crippen molar-refractivity contribution in [1.29, 1.82) is 0 Å². The Balaban J connectivity index is 1.87. The molecular weight excluding hydrogens is 309 g/mol. The van der Waals surface area contributed by atoms with Crippen LogP contribution in [0.15, 0.2) is 42.5 Å². The molecule has 1 N–H and O–H groups in total. The Morgan fingerprint density at radius 3 is 2.38 bits per heavy atom. The van der Waals surface area contributed by atoms with Gasteiger partial charge in [-0.1, -0.05) is 18.2 Å². The lowest BCUT2D eigenvalue weighted by Gasteiger charge is -2.15. The van der Waals surface area contributed by atoms with Crippen molar-refractivity contribution in [3.8, 4) is 0 Å². The van der Waals surface area contributed by atoms with Gasteiger partial charge in [0.25, 0.3) is 5.91 Å². The molecule has 1 amide bonds. The van der Waals surface area contributed by atoms with Gasteiger partial charge in [-0.05, 0) is 61.7 Å². The zero-order chi connectivity index (χ0) is 17.7. The van der Waals surface area contributed by atoms with E-state index >= 15 is 0 Å². The molecule has 0 saturated carbocycles. The summed E-state index contributed by atoms with van der Waals surface area (Å²) in [5.74, 6) is -1.49. The number of carbonyl (C=O) groups is 2. The maximum atomic E-state index is 12.8. The van der Waals surface area contributed by atoms with Gasteiger partial charge in [0.1, 0.15) is 5.82 Å². The summed E-state index contributed by atoms with van der Waals surface area (Å²) in [6, 6.07) is 10.7. The van der Waals surface area contributed by atoms with Crippen LogP contribution in [0.2, 0.25) is 0 Å². The lowest BCUT2D eigenvalue weighted by molar-refractivity contribution is -0.124. The number of carbonyl (C=O) groups excluding carboxylic acids is 2. The molecular formula is C19H20FNO3. The number of hydrogen-bond acceptors (Lipinski definition) is 3. The summed E-state index contributed by atoms with van der Waals surface area (Å²) in [4.78, 5) is 23.7. The molecule has 2 rings (SSSR count). The predicted molar refractivity (Wildman–Crippen MR) is 89.2 cm³/mol. The monoisotopic (exact) mass is 329 g/mol. The molecule has 0 bridgehead atoms. The smallest absolute Gasteiger partial charge is 0.338 e. The Hall–Kier alpha value is -2.69. The maximum absolute atomic E-state index is 12.8. The molecule has 0 unspecified atom stereocenters. The molecule has 0 aliphatic carbocycles. The molecule has 0 spiro atoms. The topological polar surface area (TPSA) is 55.4 Å². The number of nitrogens with one attached hydrogen (secondary N) is 1. The lowest BCUT2D eigenvalue weighted by Crippen LogP contribution is -2.31. The minimum absolute atomic E-state index is 0.193. The van der Waals surface area contributed by atoms with Crippen LogP contribution in [0.3, 0.4) is 0 Å². The van der Waals surface area contributed by atoms with Crippen LogP contribution in [0.25, 0.3) is 0 Å². The SMILES string of the molecule is Cc1ccc([C@H](C)NC(=O)COC(=O)c2ccc(F)cc2)cc1C. The van der Waals surface area contributed by atoms with E-state index in [0.717, 1.165) is 11.1 Å². The van der Waals surface area contributed by atoms with Crippen LogP contribution in [0.5, 0.6) is 0 Å². The van der Waals surface area contributed by atoms with E-state index in [1.807, 2.05) is 39.0 Å². The van der Waals surface area contributed by atoms with Crippen molar-refractivity contribution in [3.63, 3.8) is 0 Å². The van der Waals surface area contributed by atoms with Crippen LogP contribution in [0, 0.1) is 19.7 Å². The standard InChI is InChI=1S/C19H20FNO3/c1-12-4-5-16(10-13(12)2)14(3)21-18(22)11-24-19(23)15-6-8-17(20)9-7-15/h4-10,14H,11H2,1-3H3,(H,21,22)/t14-/m0/s1. The first kappa shape index (κ1) is 17.7. The second-order valence-electron chi connectivity index (χ2n) is 5.72. The first-order valence-corrected chi connectivity index (χ1v) is 7.66. The van der Waals surface area contributed by atoms with E-state index in [9.17, 15) is 14.0 Å². The van der Waals surface area contributed by atoms with Crippen molar-refractivity contribution in [2.24, 2.45) is 0 Å². The Labute approximate surface area is 140 Å². The number of hydrogen-bond donors (Lipinski definition) is 1. The van der Waals surface area contributed by atoms with Crippen LogP contribution in [-0.4, -0.2) is 18.5 Å². The number of aryl methyl sites for hydroxylation is 2. The fourth-order valence-electron chi connectivity index (χ4n) is 2.20. The van der Waals surface area contributed by atoms with Crippen LogP contribution in [-0.2, 0) is 9.53 Å². The van der Waals surface area contributed by atoms with Crippen molar-refractivity contribution in [2.45, 2.75) is 26.8 Å². The Bertz CT molecular complexity index is 741. The van der Waals surface area contributed by atoms with Gasteiger partial charge < -0.3 is 10.1 Å². The molecule has 2 aromatic rings. The molecule has 0 saturated heterocycles. The first-order chi connectivity index (χ1) is 11.4. The van der Waals surface area contributed by atoms with Gasteiger partial charge >= 0.3 is 5.97 Å². The fraction of sp³-hybridized carbons (Fsp3) is 0.263. The molecule has 1 atom stereocenters. The summed E-state index contributed by atoms with van der Waals surface area (Å²) < 4.78 is 17.7. The van der Waals surface area contributed by atoms with E-state index in [1.165, 1.54) is 29.8 Å². The number of esters is 1. The summed E-state index contributed by atoms with van der Waals surface area (Å²) in [5, 5.41) is 2.78. The third-order valence-electron chi connectivity index (χ3n) is 3.82.